The van der Waals surface area contributed by atoms with Crippen molar-refractivity contribution in [3.63, 3.8) is 0 Å². The van der Waals surface area contributed by atoms with Gasteiger partial charge in [-0.05, 0) is 0 Å². The minimum atomic E-state index is -1.23. The van der Waals surface area contributed by atoms with E-state index in [0.29, 0.717) is 0 Å². The Morgan fingerprint density at radius 2 is 0.833 bits per heavy atom. The van der Waals surface area contributed by atoms with Gasteiger partial charge in [-0.2, -0.15) is 0 Å². The normalized spacial score (nSPS) is 10.4. The maximum atomic E-state index is 10.6. The van der Waals surface area contributed by atoms with Gasteiger partial charge in [0.1, 0.15) is 0 Å². The van der Waals surface area contributed by atoms with Gasteiger partial charge in [0.15, 0.2) is 0 Å². The van der Waals surface area contributed by atoms with Crippen molar-refractivity contribution in [1.29, 1.82) is 0 Å². The summed E-state index contributed by atoms with van der Waals surface area (Å²) in [5, 5.41) is 34.5. The van der Waals surface area contributed by atoms with Crippen LogP contribution in [0.15, 0.2) is 0 Å². The van der Waals surface area contributed by atoms with E-state index in [1.807, 2.05) is 0 Å². The van der Waals surface area contributed by atoms with E-state index in [1.165, 1.54) is 0 Å². The predicted octanol–water partition coefficient (Wildman–Crippen LogP) is -2.08. The molecule has 0 saturated heterocycles. The molecule has 0 fully saturated rings. The zero-order valence-corrected chi connectivity index (χ0v) is 14.2. The molecule has 0 aromatic heterocycles. The number of hydrogen-bond acceptors (Lipinski definition) is 7. The summed E-state index contributed by atoms with van der Waals surface area (Å²) in [6.07, 6.45) is 3.28. The Bertz CT molecular complexity index is 397. The van der Waals surface area contributed by atoms with Crippen LogP contribution in [0.1, 0.15) is 0 Å². The Morgan fingerprint density at radius 1 is 0.667 bits per heavy atom. The Balaban J connectivity index is 0. The van der Waals surface area contributed by atoms with Gasteiger partial charge in [-0.3, -0.25) is 33.2 Å². The molecule has 0 unspecified atom stereocenters. The van der Waals surface area contributed by atoms with Crippen LogP contribution < -0.4 is 0 Å². The third-order valence-electron chi connectivity index (χ3n) is 2.17. The molecule has 11 nitrogen and oxygen atoms in total. The number of nitrogens with zero attached hydrogens (tertiary/aromatic N) is 2. The molecule has 0 amide bonds. The Labute approximate surface area is 140 Å². The fourth-order valence-electron chi connectivity index (χ4n) is 1.48. The summed E-state index contributed by atoms with van der Waals surface area (Å²) in [7, 11) is -0.611. The lowest BCUT2D eigenvalue weighted by Crippen LogP contribution is -2.43. The van der Waals surface area contributed by atoms with Gasteiger partial charge in [-0.25, -0.2) is 0 Å². The van der Waals surface area contributed by atoms with Crippen molar-refractivity contribution < 1.29 is 43.8 Å². The minimum Gasteiger partial charge on any atom is -0.480 e. The third kappa shape index (κ3) is 19.9. The summed E-state index contributed by atoms with van der Waals surface area (Å²) in [5.74, 6) is -4.91. The second-order valence-corrected chi connectivity index (χ2v) is 6.22. The van der Waals surface area contributed by atoms with Crippen molar-refractivity contribution in [2.45, 2.75) is 0 Å². The van der Waals surface area contributed by atoms with Crippen LogP contribution >= 0.6 is 0 Å². The average Bonchev–Trinajstić information content (AvgIpc) is 2.32. The fraction of sp³-hybridized carbons (Fsp3) is 0.667. The van der Waals surface area contributed by atoms with E-state index in [0.717, 1.165) is 9.80 Å². The van der Waals surface area contributed by atoms with Crippen molar-refractivity contribution in [2.24, 2.45) is 0 Å². The first-order chi connectivity index (χ1) is 10.9. The lowest BCUT2D eigenvalue weighted by atomic mass is 10.4. The maximum absolute atomic E-state index is 10.6. The van der Waals surface area contributed by atoms with Crippen LogP contribution in [0.5, 0.6) is 0 Å². The summed E-state index contributed by atoms with van der Waals surface area (Å²) in [5.41, 5.74) is 0. The van der Waals surface area contributed by atoms with Gasteiger partial charge >= 0.3 is 23.9 Å². The first-order valence-corrected chi connectivity index (χ1v) is 8.47. The Kier molecular flexibility index (Phi) is 13.5. The second kappa shape index (κ2) is 13.4. The highest BCUT2D eigenvalue weighted by atomic mass is 32.2. The van der Waals surface area contributed by atoms with Crippen molar-refractivity contribution in [3.8, 4) is 0 Å². The zero-order valence-electron chi connectivity index (χ0n) is 13.4. The molecule has 0 rings (SSSR count). The fourth-order valence-corrected chi connectivity index (χ4v) is 1.48. The quantitative estimate of drug-likeness (QED) is 0.314. The topological polar surface area (TPSA) is 173 Å². The number of carbonyl (C=O) groups is 4. The van der Waals surface area contributed by atoms with Crippen LogP contribution in [0.4, 0.5) is 0 Å². The van der Waals surface area contributed by atoms with Gasteiger partial charge in [0, 0.05) is 36.4 Å². The van der Waals surface area contributed by atoms with Crippen molar-refractivity contribution in [3.05, 3.63) is 0 Å². The van der Waals surface area contributed by atoms with Gasteiger partial charge in [-0.15, -0.1) is 0 Å². The molecule has 0 atom stereocenters. The largest absolute Gasteiger partial charge is 0.480 e. The molecule has 0 spiro atoms. The van der Waals surface area contributed by atoms with Gasteiger partial charge in [-0.1, -0.05) is 0 Å². The highest BCUT2D eigenvalue weighted by Gasteiger charge is 2.17. The van der Waals surface area contributed by atoms with E-state index < -0.39 is 60.9 Å². The van der Waals surface area contributed by atoms with Gasteiger partial charge in [0.2, 0.25) is 0 Å². The first kappa shape index (κ1) is 24.2. The summed E-state index contributed by atoms with van der Waals surface area (Å²) in [4.78, 5) is 44.4. The van der Waals surface area contributed by atoms with Crippen molar-refractivity contribution in [2.75, 3.05) is 51.8 Å². The molecule has 24 heavy (non-hydrogen) atoms. The Morgan fingerprint density at radius 3 is 0.958 bits per heavy atom. The molecular formula is C12H22N2O9S. The maximum Gasteiger partial charge on any atom is 0.317 e. The molecule has 4 N–H and O–H groups in total. The zero-order chi connectivity index (χ0) is 19.3. The highest BCUT2D eigenvalue weighted by molar-refractivity contribution is 7.83. The molecule has 0 saturated carbocycles. The number of aliphatic carboxylic acids is 4. The van der Waals surface area contributed by atoms with E-state index in [2.05, 4.69) is 0 Å². The van der Waals surface area contributed by atoms with E-state index in [4.69, 9.17) is 20.4 Å². The molecule has 0 heterocycles. The molecule has 0 aliphatic heterocycles. The van der Waals surface area contributed by atoms with Crippen LogP contribution in [-0.2, 0) is 30.0 Å². The minimum absolute atomic E-state index is 0.0703. The van der Waals surface area contributed by atoms with E-state index in [1.54, 1.807) is 12.5 Å². The molecule has 0 bridgehead atoms. The lowest BCUT2D eigenvalue weighted by molar-refractivity contribution is -0.145. The summed E-state index contributed by atoms with van der Waals surface area (Å²) >= 11 is 0. The van der Waals surface area contributed by atoms with Crippen LogP contribution in [-0.4, -0.2) is 110 Å². The summed E-state index contributed by atoms with van der Waals surface area (Å²) in [6, 6.07) is 0. The molecule has 0 radical (unpaired) electrons. The first-order valence-electron chi connectivity index (χ1n) is 6.51. The van der Waals surface area contributed by atoms with Crippen LogP contribution in [0.3, 0.4) is 0 Å². The number of carboxylic acids is 4. The van der Waals surface area contributed by atoms with E-state index in [-0.39, 0.29) is 13.1 Å². The van der Waals surface area contributed by atoms with Gasteiger partial charge < -0.3 is 20.4 Å². The van der Waals surface area contributed by atoms with Crippen LogP contribution in [0, 0.1) is 0 Å². The van der Waals surface area contributed by atoms with Crippen LogP contribution in [0.2, 0.25) is 0 Å². The molecule has 12 heteroatoms. The molecule has 0 aromatic rings. The average molecular weight is 370 g/mol. The highest BCUT2D eigenvalue weighted by Crippen LogP contribution is 1.94. The van der Waals surface area contributed by atoms with Gasteiger partial charge in [0.25, 0.3) is 0 Å². The van der Waals surface area contributed by atoms with Gasteiger partial charge in [0.05, 0.1) is 26.2 Å². The van der Waals surface area contributed by atoms with E-state index >= 15 is 0 Å². The number of carboxylic acid groups (broad SMARTS) is 4. The Hall–Kier alpha value is -2.05. The van der Waals surface area contributed by atoms with E-state index in [9.17, 15) is 23.4 Å². The van der Waals surface area contributed by atoms with Crippen molar-refractivity contribution in [1.82, 2.24) is 9.80 Å². The molecular weight excluding hydrogens is 348 g/mol. The lowest BCUT2D eigenvalue weighted by Gasteiger charge is -2.23. The second-order valence-electron chi connectivity index (χ2n) is 4.74. The monoisotopic (exact) mass is 370 g/mol. The smallest absolute Gasteiger partial charge is 0.317 e. The summed E-state index contributed by atoms with van der Waals surface area (Å²) < 4.78 is 9.56. The SMILES string of the molecule is CS(C)=O.O=C(O)CN(CCN(CC(=O)O)CC(=O)O)CC(=O)O. The standard InChI is InChI=1S/C10H16N2O8.C2H6OS/c13-7(14)3-11(4-8(15)16)1-2-12(5-9(17)18)6-10(19)20;1-4(2)3/h1-6H2,(H,13,14)(H,15,16)(H,17,18)(H,19,20);1-2H3. The number of hydrogen-bond donors (Lipinski definition) is 4. The van der Waals surface area contributed by atoms with Crippen molar-refractivity contribution >= 4 is 34.7 Å². The van der Waals surface area contributed by atoms with Crippen LogP contribution in [0.25, 0.3) is 0 Å². The molecule has 0 aromatic carbocycles. The molecule has 140 valence electrons. The molecule has 0 aliphatic rings. The third-order valence-corrected chi connectivity index (χ3v) is 2.17. The number of rotatable bonds is 11. The molecule has 0 aliphatic carbocycles. The predicted molar refractivity (Wildman–Crippen MR) is 83.4 cm³/mol. The summed E-state index contributed by atoms with van der Waals surface area (Å²) in [6.45, 7) is -2.25.